The molecule has 0 saturated carbocycles. The maximum atomic E-state index is 12.8. The summed E-state index contributed by atoms with van der Waals surface area (Å²) in [5.41, 5.74) is 0.510. The van der Waals surface area contributed by atoms with Crippen molar-refractivity contribution in [3.63, 3.8) is 0 Å². The monoisotopic (exact) mass is 539 g/mol. The van der Waals surface area contributed by atoms with Gasteiger partial charge >= 0.3 is 12.6 Å². The van der Waals surface area contributed by atoms with Crippen LogP contribution in [0.1, 0.15) is 63.3 Å². The molecule has 1 atom stereocenters. The maximum absolute atomic E-state index is 12.8. The van der Waals surface area contributed by atoms with Crippen molar-refractivity contribution in [2.24, 2.45) is 17.3 Å². The van der Waals surface area contributed by atoms with Crippen LogP contribution in [0.2, 0.25) is 0 Å². The van der Waals surface area contributed by atoms with Gasteiger partial charge in [0.2, 0.25) is 5.88 Å². The van der Waals surface area contributed by atoms with E-state index in [0.29, 0.717) is 55.6 Å². The zero-order valence-corrected chi connectivity index (χ0v) is 23.0. The number of likely N-dealkylation sites (tertiary alicyclic amines) is 1. The Morgan fingerprint density at radius 2 is 1.97 bits per heavy atom. The average Bonchev–Trinajstić information content (AvgIpc) is 3.28. The molecule has 0 aromatic carbocycles. The van der Waals surface area contributed by atoms with Gasteiger partial charge in [-0.2, -0.15) is 8.78 Å². The Bertz CT molecular complexity index is 1010. The third-order valence-corrected chi connectivity index (χ3v) is 7.50. The van der Waals surface area contributed by atoms with Crippen LogP contribution >= 0.6 is 11.3 Å². The summed E-state index contributed by atoms with van der Waals surface area (Å²) >= 11 is 1.39. The summed E-state index contributed by atoms with van der Waals surface area (Å²) in [5.74, 6) is 0.353. The lowest BCUT2D eigenvalue weighted by molar-refractivity contribution is -0.155. The van der Waals surface area contributed by atoms with Crippen molar-refractivity contribution < 1.29 is 28.2 Å². The number of halogens is 2. The van der Waals surface area contributed by atoms with Gasteiger partial charge in [0.1, 0.15) is 5.01 Å². The number of carbonyl (C=O) groups is 1. The Labute approximate surface area is 222 Å². The molecule has 0 unspecified atom stereocenters. The van der Waals surface area contributed by atoms with Gasteiger partial charge in [-0.15, -0.1) is 11.3 Å². The first-order valence-electron chi connectivity index (χ1n) is 13.0. The van der Waals surface area contributed by atoms with E-state index in [0.717, 1.165) is 42.2 Å². The molecule has 4 heterocycles. The standard InChI is InChI=1S/C23H29F2N3O4S.C4H10/c1-15-9-18(19(26-11-15)32-22(24)25)20-27-12-17(33-20)13-28-6-2-5-23(14-28,21(29)30)10-16-3-7-31-8-4-16;1-4(2)3/h9,11-12,16,22H,2-8,10,13-14H2,1H3,(H,29,30);4H,1-3H3/t23-;/m0./s1. The van der Waals surface area contributed by atoms with E-state index >= 15 is 0 Å². The molecule has 7 nitrogen and oxygen atoms in total. The number of pyridine rings is 1. The number of hydrogen-bond acceptors (Lipinski definition) is 7. The molecule has 206 valence electrons. The van der Waals surface area contributed by atoms with Crippen molar-refractivity contribution in [1.82, 2.24) is 14.9 Å². The van der Waals surface area contributed by atoms with Crippen molar-refractivity contribution in [3.05, 3.63) is 28.9 Å². The second kappa shape index (κ2) is 13.6. The summed E-state index contributed by atoms with van der Waals surface area (Å²) in [6.45, 7) is 8.67. The Balaban J connectivity index is 0.000000886. The molecular formula is C27H39F2N3O4S. The first-order valence-corrected chi connectivity index (χ1v) is 13.8. The summed E-state index contributed by atoms with van der Waals surface area (Å²) in [6.07, 6.45) is 7.24. The predicted octanol–water partition coefficient (Wildman–Crippen LogP) is 6.26. The van der Waals surface area contributed by atoms with Crippen LogP contribution in [0.25, 0.3) is 10.6 Å². The van der Waals surface area contributed by atoms with Crippen molar-refractivity contribution >= 4 is 17.3 Å². The lowest BCUT2D eigenvalue weighted by atomic mass is 9.72. The molecule has 2 aliphatic heterocycles. The van der Waals surface area contributed by atoms with Gasteiger partial charge in [-0.3, -0.25) is 9.69 Å². The smallest absolute Gasteiger partial charge is 0.388 e. The molecule has 37 heavy (non-hydrogen) atoms. The number of thiazole rings is 1. The molecule has 2 saturated heterocycles. The Morgan fingerprint density at radius 3 is 2.62 bits per heavy atom. The number of rotatable bonds is 8. The number of aryl methyl sites for hydroxylation is 1. The van der Waals surface area contributed by atoms with E-state index in [2.05, 4.69) is 40.4 Å². The van der Waals surface area contributed by atoms with Crippen molar-refractivity contribution in [1.29, 1.82) is 0 Å². The van der Waals surface area contributed by atoms with E-state index < -0.39 is 18.0 Å². The quantitative estimate of drug-likeness (QED) is 0.424. The molecule has 0 aliphatic carbocycles. The van der Waals surface area contributed by atoms with Crippen LogP contribution in [0.4, 0.5) is 8.78 Å². The number of ether oxygens (including phenoxy) is 2. The highest BCUT2D eigenvalue weighted by molar-refractivity contribution is 7.15. The molecule has 1 N–H and O–H groups in total. The maximum Gasteiger partial charge on any atom is 0.388 e. The van der Waals surface area contributed by atoms with Gasteiger partial charge < -0.3 is 14.6 Å². The zero-order valence-electron chi connectivity index (χ0n) is 22.2. The first kappa shape index (κ1) is 29.4. The molecule has 0 radical (unpaired) electrons. The average molecular weight is 540 g/mol. The molecule has 2 aromatic heterocycles. The van der Waals surface area contributed by atoms with E-state index in [1.165, 1.54) is 17.5 Å². The molecule has 0 bridgehead atoms. The minimum atomic E-state index is -2.97. The van der Waals surface area contributed by atoms with Crippen LogP contribution in [0.3, 0.4) is 0 Å². The lowest BCUT2D eigenvalue weighted by Crippen LogP contribution is -2.48. The predicted molar refractivity (Wildman–Crippen MR) is 140 cm³/mol. The van der Waals surface area contributed by atoms with Gasteiger partial charge in [-0.05, 0) is 69.0 Å². The number of carboxylic acids is 1. The molecule has 2 fully saturated rings. The summed E-state index contributed by atoms with van der Waals surface area (Å²) in [7, 11) is 0. The molecule has 4 rings (SSSR count). The van der Waals surface area contributed by atoms with Gasteiger partial charge in [0.05, 0.1) is 11.0 Å². The number of aliphatic carboxylic acids is 1. The van der Waals surface area contributed by atoms with E-state index in [9.17, 15) is 18.7 Å². The van der Waals surface area contributed by atoms with Gasteiger partial charge in [-0.1, -0.05) is 20.8 Å². The number of hydrogen-bond donors (Lipinski definition) is 1. The first-order chi connectivity index (χ1) is 17.6. The third-order valence-electron chi connectivity index (χ3n) is 6.48. The second-order valence-corrected chi connectivity index (χ2v) is 11.9. The third kappa shape index (κ3) is 8.68. The van der Waals surface area contributed by atoms with E-state index in [4.69, 9.17) is 4.74 Å². The molecule has 0 amide bonds. The number of carboxylic acid groups (broad SMARTS) is 1. The molecular weight excluding hydrogens is 500 g/mol. The van der Waals surface area contributed by atoms with Crippen LogP contribution in [0, 0.1) is 24.2 Å². The normalized spacial score (nSPS) is 21.1. The fourth-order valence-electron chi connectivity index (χ4n) is 4.91. The van der Waals surface area contributed by atoms with Crippen LogP contribution in [0.15, 0.2) is 18.5 Å². The summed E-state index contributed by atoms with van der Waals surface area (Å²) in [4.78, 5) is 23.9. The van der Waals surface area contributed by atoms with Crippen molar-refractivity contribution in [2.45, 2.75) is 73.0 Å². The molecule has 10 heteroatoms. The van der Waals surface area contributed by atoms with Gasteiger partial charge in [-0.25, -0.2) is 9.97 Å². The number of alkyl halides is 2. The summed E-state index contributed by atoms with van der Waals surface area (Å²) < 4.78 is 35.6. The Kier molecular flexibility index (Phi) is 10.8. The largest absolute Gasteiger partial charge is 0.481 e. The number of nitrogens with zero attached hydrogens (tertiary/aromatic N) is 3. The molecule has 0 spiro atoms. The summed E-state index contributed by atoms with van der Waals surface area (Å²) in [6, 6.07) is 1.73. The highest BCUT2D eigenvalue weighted by atomic mass is 32.1. The van der Waals surface area contributed by atoms with E-state index in [1.807, 2.05) is 6.92 Å². The van der Waals surface area contributed by atoms with Gasteiger partial charge in [0, 0.05) is 43.6 Å². The topological polar surface area (TPSA) is 84.8 Å². The van der Waals surface area contributed by atoms with Crippen molar-refractivity contribution in [2.75, 3.05) is 26.3 Å². The van der Waals surface area contributed by atoms with Gasteiger partial charge in [0.15, 0.2) is 0 Å². The second-order valence-electron chi connectivity index (χ2n) is 10.8. The fraction of sp³-hybridized carbons (Fsp3) is 0.667. The molecule has 2 aromatic rings. The van der Waals surface area contributed by atoms with Crippen LogP contribution in [-0.4, -0.2) is 58.9 Å². The van der Waals surface area contributed by atoms with Crippen molar-refractivity contribution in [3.8, 4) is 16.5 Å². The fourth-order valence-corrected chi connectivity index (χ4v) is 5.87. The minimum Gasteiger partial charge on any atom is -0.481 e. The van der Waals surface area contributed by atoms with Crippen LogP contribution in [-0.2, 0) is 16.1 Å². The zero-order chi connectivity index (χ0) is 27.0. The lowest BCUT2D eigenvalue weighted by Gasteiger charge is -2.42. The van der Waals surface area contributed by atoms with E-state index in [-0.39, 0.29) is 5.88 Å². The Hall–Kier alpha value is -2.17. The number of piperidine rings is 1. The highest BCUT2D eigenvalue weighted by Gasteiger charge is 2.44. The Morgan fingerprint density at radius 1 is 1.27 bits per heavy atom. The minimum absolute atomic E-state index is 0.143. The van der Waals surface area contributed by atoms with Gasteiger partial charge in [0.25, 0.3) is 0 Å². The molecule has 2 aliphatic rings. The highest BCUT2D eigenvalue weighted by Crippen LogP contribution is 2.40. The SMILES string of the molecule is CC(C)C.Cc1cnc(OC(F)F)c(-c2ncc(CN3CCC[C@@](CC4CCOCC4)(C(=O)O)C3)s2)c1. The van der Waals surface area contributed by atoms with Crippen LogP contribution in [0.5, 0.6) is 5.88 Å². The van der Waals surface area contributed by atoms with Crippen LogP contribution < -0.4 is 4.74 Å². The summed E-state index contributed by atoms with van der Waals surface area (Å²) in [5, 5.41) is 10.7. The van der Waals surface area contributed by atoms with E-state index in [1.54, 1.807) is 12.3 Å². The number of aromatic nitrogens is 2.